The van der Waals surface area contributed by atoms with Crippen LogP contribution in [0.25, 0.3) is 0 Å². The Morgan fingerprint density at radius 1 is 1.12 bits per heavy atom. The number of benzene rings is 2. The number of halogens is 2. The van der Waals surface area contributed by atoms with Gasteiger partial charge in [-0.2, -0.15) is 0 Å². The van der Waals surface area contributed by atoms with Crippen molar-refractivity contribution in [3.05, 3.63) is 65.2 Å². The highest BCUT2D eigenvalue weighted by molar-refractivity contribution is 5.93. The van der Waals surface area contributed by atoms with Crippen molar-refractivity contribution in [2.45, 2.75) is 6.42 Å². The molecular formula is C17H15F2NO4. The number of ether oxygens (including phenoxy) is 2. The molecule has 0 atom stereocenters. The third-order valence-corrected chi connectivity index (χ3v) is 3.17. The summed E-state index contributed by atoms with van der Waals surface area (Å²) in [5, 5.41) is 2.41. The number of carbonyl (C=O) groups excluding carboxylic acids is 2. The monoisotopic (exact) mass is 335 g/mol. The number of rotatable bonds is 5. The molecule has 1 N–H and O–H groups in total. The molecule has 0 aliphatic rings. The number of carbonyl (C=O) groups is 2. The van der Waals surface area contributed by atoms with Crippen LogP contribution < -0.4 is 10.1 Å². The van der Waals surface area contributed by atoms with Crippen molar-refractivity contribution in [1.82, 2.24) is 5.32 Å². The number of amides is 1. The highest BCUT2D eigenvalue weighted by Crippen LogP contribution is 2.18. The molecule has 0 aliphatic heterocycles. The number of hydrogen-bond donors (Lipinski definition) is 1. The Balaban J connectivity index is 1.92. The van der Waals surface area contributed by atoms with Crippen LogP contribution in [-0.4, -0.2) is 25.7 Å². The standard InChI is InChI=1S/C17H15F2NO4/c1-23-16(21)13-4-2-3-5-15(13)24-17(22)20-9-8-11-10-12(18)6-7-14(11)19/h2-7,10H,8-9H2,1H3,(H,20,22). The van der Waals surface area contributed by atoms with Gasteiger partial charge in [-0.15, -0.1) is 0 Å². The molecule has 0 aromatic heterocycles. The molecule has 126 valence electrons. The number of hydrogen-bond acceptors (Lipinski definition) is 4. The molecule has 5 nitrogen and oxygen atoms in total. The molecule has 0 saturated heterocycles. The summed E-state index contributed by atoms with van der Waals surface area (Å²) in [4.78, 5) is 23.3. The largest absolute Gasteiger partial charge is 0.465 e. The first-order valence-corrected chi connectivity index (χ1v) is 7.08. The lowest BCUT2D eigenvalue weighted by Gasteiger charge is -2.10. The molecule has 24 heavy (non-hydrogen) atoms. The summed E-state index contributed by atoms with van der Waals surface area (Å²) in [5.74, 6) is -1.71. The molecule has 1 amide bonds. The summed E-state index contributed by atoms with van der Waals surface area (Å²) in [6, 6.07) is 9.20. The Bertz CT molecular complexity index is 749. The lowest BCUT2D eigenvalue weighted by Crippen LogP contribution is -2.29. The molecule has 2 aromatic rings. The average Bonchev–Trinajstić information content (AvgIpc) is 2.57. The van der Waals surface area contributed by atoms with Gasteiger partial charge in [-0.25, -0.2) is 18.4 Å². The summed E-state index contributed by atoms with van der Waals surface area (Å²) in [7, 11) is 1.22. The van der Waals surface area contributed by atoms with Crippen LogP contribution in [0.3, 0.4) is 0 Å². The van der Waals surface area contributed by atoms with Crippen molar-refractivity contribution < 1.29 is 27.8 Å². The van der Waals surface area contributed by atoms with Crippen molar-refractivity contribution in [1.29, 1.82) is 0 Å². The Morgan fingerprint density at radius 3 is 2.62 bits per heavy atom. The highest BCUT2D eigenvalue weighted by atomic mass is 19.1. The fraction of sp³-hybridized carbons (Fsp3) is 0.176. The van der Waals surface area contributed by atoms with E-state index in [1.807, 2.05) is 0 Å². The Labute approximate surface area is 137 Å². The van der Waals surface area contributed by atoms with E-state index in [-0.39, 0.29) is 29.8 Å². The first kappa shape index (κ1) is 17.4. The number of esters is 1. The second-order valence-electron chi connectivity index (χ2n) is 4.79. The van der Waals surface area contributed by atoms with Crippen LogP contribution >= 0.6 is 0 Å². The van der Waals surface area contributed by atoms with Gasteiger partial charge in [-0.3, -0.25) is 0 Å². The van der Waals surface area contributed by atoms with E-state index in [1.54, 1.807) is 12.1 Å². The van der Waals surface area contributed by atoms with Crippen LogP contribution in [0.1, 0.15) is 15.9 Å². The summed E-state index contributed by atoms with van der Waals surface area (Å²) in [6.45, 7) is 0.0413. The van der Waals surface area contributed by atoms with Gasteiger partial charge in [0.2, 0.25) is 0 Å². The maximum atomic E-state index is 13.5. The van der Waals surface area contributed by atoms with E-state index in [0.29, 0.717) is 0 Å². The van der Waals surface area contributed by atoms with Gasteiger partial charge >= 0.3 is 12.1 Å². The zero-order valence-electron chi connectivity index (χ0n) is 12.8. The minimum atomic E-state index is -0.817. The maximum absolute atomic E-state index is 13.5. The summed E-state index contributed by atoms with van der Waals surface area (Å²) in [5.41, 5.74) is 0.247. The minimum absolute atomic E-state index is 0.0405. The lowest BCUT2D eigenvalue weighted by atomic mass is 10.1. The molecule has 7 heteroatoms. The van der Waals surface area contributed by atoms with Gasteiger partial charge < -0.3 is 14.8 Å². The second-order valence-corrected chi connectivity index (χ2v) is 4.79. The molecule has 2 rings (SSSR count). The molecule has 2 aromatic carbocycles. The van der Waals surface area contributed by atoms with Gasteiger partial charge in [-0.05, 0) is 42.3 Å². The molecule has 0 saturated carbocycles. The van der Waals surface area contributed by atoms with E-state index < -0.39 is 23.7 Å². The maximum Gasteiger partial charge on any atom is 0.412 e. The predicted octanol–water partition coefficient (Wildman–Crippen LogP) is 3.08. The SMILES string of the molecule is COC(=O)c1ccccc1OC(=O)NCCc1cc(F)ccc1F. The van der Waals surface area contributed by atoms with E-state index in [4.69, 9.17) is 4.74 Å². The molecule has 0 heterocycles. The normalized spacial score (nSPS) is 10.1. The van der Waals surface area contributed by atoms with E-state index >= 15 is 0 Å². The van der Waals surface area contributed by atoms with Crippen LogP contribution in [0.15, 0.2) is 42.5 Å². The molecule has 0 spiro atoms. The minimum Gasteiger partial charge on any atom is -0.465 e. The van der Waals surface area contributed by atoms with Gasteiger partial charge in [0, 0.05) is 6.54 Å². The lowest BCUT2D eigenvalue weighted by molar-refractivity contribution is 0.0598. The topological polar surface area (TPSA) is 64.6 Å². The van der Waals surface area contributed by atoms with Crippen LogP contribution in [0, 0.1) is 11.6 Å². The van der Waals surface area contributed by atoms with Gasteiger partial charge in [0.05, 0.1) is 7.11 Å². The van der Waals surface area contributed by atoms with Crippen molar-refractivity contribution in [2.75, 3.05) is 13.7 Å². The van der Waals surface area contributed by atoms with Gasteiger partial charge in [0.25, 0.3) is 0 Å². The summed E-state index contributed by atoms with van der Waals surface area (Å²) in [6.07, 6.45) is -0.722. The number of methoxy groups -OCH3 is 1. The molecular weight excluding hydrogens is 320 g/mol. The van der Waals surface area contributed by atoms with Gasteiger partial charge in [-0.1, -0.05) is 12.1 Å². The van der Waals surface area contributed by atoms with Crippen molar-refractivity contribution >= 4 is 12.1 Å². The first-order valence-electron chi connectivity index (χ1n) is 7.08. The molecule has 0 bridgehead atoms. The van der Waals surface area contributed by atoms with Crippen LogP contribution in [0.5, 0.6) is 5.75 Å². The smallest absolute Gasteiger partial charge is 0.412 e. The second kappa shape index (κ2) is 8.05. The fourth-order valence-electron chi connectivity index (χ4n) is 2.00. The van der Waals surface area contributed by atoms with Crippen molar-refractivity contribution in [3.63, 3.8) is 0 Å². The fourth-order valence-corrected chi connectivity index (χ4v) is 2.00. The average molecular weight is 335 g/mol. The third-order valence-electron chi connectivity index (χ3n) is 3.17. The van der Waals surface area contributed by atoms with E-state index in [0.717, 1.165) is 18.2 Å². The molecule has 0 unspecified atom stereocenters. The van der Waals surface area contributed by atoms with Crippen molar-refractivity contribution in [2.24, 2.45) is 0 Å². The zero-order chi connectivity index (χ0) is 17.5. The highest BCUT2D eigenvalue weighted by Gasteiger charge is 2.15. The summed E-state index contributed by atoms with van der Waals surface area (Å²) >= 11 is 0. The van der Waals surface area contributed by atoms with Crippen LogP contribution in [0.2, 0.25) is 0 Å². The number of nitrogens with one attached hydrogen (secondary N) is 1. The predicted molar refractivity (Wildman–Crippen MR) is 81.9 cm³/mol. The van der Waals surface area contributed by atoms with Gasteiger partial charge in [0.15, 0.2) is 0 Å². The molecule has 0 aliphatic carbocycles. The number of para-hydroxylation sites is 1. The summed E-state index contributed by atoms with van der Waals surface area (Å²) < 4.78 is 36.1. The first-order chi connectivity index (χ1) is 11.5. The Hall–Kier alpha value is -2.96. The van der Waals surface area contributed by atoms with Crippen LogP contribution in [-0.2, 0) is 11.2 Å². The molecule has 0 fully saturated rings. The van der Waals surface area contributed by atoms with Crippen LogP contribution in [0.4, 0.5) is 13.6 Å². The van der Waals surface area contributed by atoms with E-state index in [1.165, 1.54) is 19.2 Å². The van der Waals surface area contributed by atoms with E-state index in [9.17, 15) is 18.4 Å². The zero-order valence-corrected chi connectivity index (χ0v) is 12.8. The Kier molecular flexibility index (Phi) is 5.83. The van der Waals surface area contributed by atoms with E-state index in [2.05, 4.69) is 10.1 Å². The molecule has 0 radical (unpaired) electrons. The van der Waals surface area contributed by atoms with Crippen molar-refractivity contribution in [3.8, 4) is 5.75 Å². The Morgan fingerprint density at radius 2 is 1.88 bits per heavy atom. The quantitative estimate of drug-likeness (QED) is 0.853. The third kappa shape index (κ3) is 4.52. The van der Waals surface area contributed by atoms with Gasteiger partial charge in [0.1, 0.15) is 22.9 Å².